The van der Waals surface area contributed by atoms with Crippen molar-refractivity contribution in [3.63, 3.8) is 0 Å². The first-order valence-corrected chi connectivity index (χ1v) is 7.82. The molecule has 2 nitrogen and oxygen atoms in total. The first-order valence-electron chi connectivity index (χ1n) is 7.82. The zero-order chi connectivity index (χ0) is 14.5. The first-order chi connectivity index (χ1) is 9.61. The fourth-order valence-electron chi connectivity index (χ4n) is 3.01. The van der Waals surface area contributed by atoms with E-state index in [-0.39, 0.29) is 11.9 Å². The van der Waals surface area contributed by atoms with Gasteiger partial charge in [0.15, 0.2) is 0 Å². The van der Waals surface area contributed by atoms with Crippen molar-refractivity contribution < 1.29 is 4.39 Å². The van der Waals surface area contributed by atoms with Crippen molar-refractivity contribution >= 4 is 0 Å². The van der Waals surface area contributed by atoms with Crippen LogP contribution < -0.4 is 5.32 Å². The monoisotopic (exact) mass is 278 g/mol. The Balaban J connectivity index is 2.06. The first kappa shape index (κ1) is 15.5. The summed E-state index contributed by atoms with van der Waals surface area (Å²) in [5, 5.41) is 3.50. The Morgan fingerprint density at radius 1 is 1.25 bits per heavy atom. The van der Waals surface area contributed by atoms with Crippen molar-refractivity contribution in [2.75, 3.05) is 26.2 Å². The standard InChI is InChI=1S/C17H27FN2/c1-4-9-19-17(15-7-5-6-8-16(15)18)12-20-10-13(2)14(3)11-20/h5-8,13-14,17,19H,4,9-12H2,1-3H3. The highest BCUT2D eigenvalue weighted by Crippen LogP contribution is 2.25. The molecule has 0 aliphatic carbocycles. The molecular weight excluding hydrogens is 251 g/mol. The molecule has 1 heterocycles. The van der Waals surface area contributed by atoms with Crippen LogP contribution in [0.3, 0.4) is 0 Å². The van der Waals surface area contributed by atoms with Crippen molar-refractivity contribution in [1.82, 2.24) is 10.2 Å². The van der Waals surface area contributed by atoms with E-state index in [2.05, 4.69) is 31.0 Å². The van der Waals surface area contributed by atoms with Gasteiger partial charge in [0.2, 0.25) is 0 Å². The Morgan fingerprint density at radius 3 is 2.50 bits per heavy atom. The summed E-state index contributed by atoms with van der Waals surface area (Å²) in [6.07, 6.45) is 1.07. The van der Waals surface area contributed by atoms with Gasteiger partial charge in [-0.25, -0.2) is 4.39 Å². The van der Waals surface area contributed by atoms with Crippen molar-refractivity contribution in [3.8, 4) is 0 Å². The van der Waals surface area contributed by atoms with Gasteiger partial charge in [-0.05, 0) is 30.9 Å². The van der Waals surface area contributed by atoms with Gasteiger partial charge in [0.25, 0.3) is 0 Å². The van der Waals surface area contributed by atoms with Crippen molar-refractivity contribution in [2.45, 2.75) is 33.2 Å². The fraction of sp³-hybridized carbons (Fsp3) is 0.647. The molecule has 3 atom stereocenters. The van der Waals surface area contributed by atoms with E-state index in [0.29, 0.717) is 0 Å². The molecule has 3 unspecified atom stereocenters. The number of benzene rings is 1. The Kier molecular flexibility index (Phi) is 5.55. The lowest BCUT2D eigenvalue weighted by molar-refractivity contribution is 0.278. The highest BCUT2D eigenvalue weighted by molar-refractivity contribution is 5.21. The Hall–Kier alpha value is -0.930. The fourth-order valence-corrected chi connectivity index (χ4v) is 3.01. The quantitative estimate of drug-likeness (QED) is 0.857. The van der Waals surface area contributed by atoms with Crippen LogP contribution in [0.1, 0.15) is 38.8 Å². The molecule has 0 bridgehead atoms. The van der Waals surface area contributed by atoms with E-state index in [9.17, 15) is 4.39 Å². The van der Waals surface area contributed by atoms with Gasteiger partial charge in [-0.3, -0.25) is 0 Å². The minimum absolute atomic E-state index is 0.0913. The van der Waals surface area contributed by atoms with Gasteiger partial charge in [-0.2, -0.15) is 0 Å². The molecule has 3 heteroatoms. The molecular formula is C17H27FN2. The molecule has 20 heavy (non-hydrogen) atoms. The van der Waals surface area contributed by atoms with Crippen molar-refractivity contribution in [2.24, 2.45) is 11.8 Å². The lowest BCUT2D eigenvalue weighted by atomic mass is 10.0. The van der Waals surface area contributed by atoms with Crippen molar-refractivity contribution in [3.05, 3.63) is 35.6 Å². The number of nitrogens with zero attached hydrogens (tertiary/aromatic N) is 1. The van der Waals surface area contributed by atoms with E-state index in [1.165, 1.54) is 0 Å². The second-order valence-corrected chi connectivity index (χ2v) is 6.20. The molecule has 1 aromatic rings. The molecule has 1 aliphatic rings. The van der Waals surface area contributed by atoms with E-state index >= 15 is 0 Å². The molecule has 1 saturated heterocycles. The molecule has 0 saturated carbocycles. The van der Waals surface area contributed by atoms with E-state index in [4.69, 9.17) is 0 Å². The molecule has 1 N–H and O–H groups in total. The van der Waals surface area contributed by atoms with Crippen LogP contribution in [0, 0.1) is 17.7 Å². The normalized spacial score (nSPS) is 25.0. The number of halogens is 1. The summed E-state index contributed by atoms with van der Waals surface area (Å²) < 4.78 is 14.0. The predicted molar refractivity (Wildman–Crippen MR) is 82.2 cm³/mol. The minimum Gasteiger partial charge on any atom is -0.309 e. The zero-order valence-electron chi connectivity index (χ0n) is 12.9. The molecule has 0 spiro atoms. The molecule has 2 rings (SSSR count). The zero-order valence-corrected chi connectivity index (χ0v) is 12.9. The van der Waals surface area contributed by atoms with Crippen LogP contribution in [0.4, 0.5) is 4.39 Å². The van der Waals surface area contributed by atoms with Crippen LogP contribution >= 0.6 is 0 Å². The Labute approximate surface area is 122 Å². The lowest BCUT2D eigenvalue weighted by Gasteiger charge is -2.25. The van der Waals surface area contributed by atoms with Gasteiger partial charge in [0.05, 0.1) is 0 Å². The SMILES string of the molecule is CCCNC(CN1CC(C)C(C)C1)c1ccccc1F. The van der Waals surface area contributed by atoms with Gasteiger partial charge >= 0.3 is 0 Å². The number of hydrogen-bond acceptors (Lipinski definition) is 2. The maximum atomic E-state index is 14.0. The minimum atomic E-state index is -0.0959. The maximum Gasteiger partial charge on any atom is 0.128 e. The summed E-state index contributed by atoms with van der Waals surface area (Å²) in [7, 11) is 0. The van der Waals surface area contributed by atoms with Crippen LogP contribution in [0.15, 0.2) is 24.3 Å². The predicted octanol–water partition coefficient (Wildman–Crippen LogP) is 3.45. The number of nitrogens with one attached hydrogen (secondary N) is 1. The van der Waals surface area contributed by atoms with Gasteiger partial charge in [-0.1, -0.05) is 39.0 Å². The van der Waals surface area contributed by atoms with E-state index < -0.39 is 0 Å². The third kappa shape index (κ3) is 3.80. The maximum absolute atomic E-state index is 14.0. The van der Waals surface area contributed by atoms with Crippen LogP contribution in [0.2, 0.25) is 0 Å². The smallest absolute Gasteiger partial charge is 0.128 e. The van der Waals surface area contributed by atoms with Crippen LogP contribution in [-0.2, 0) is 0 Å². The topological polar surface area (TPSA) is 15.3 Å². The summed E-state index contributed by atoms with van der Waals surface area (Å²) >= 11 is 0. The Morgan fingerprint density at radius 2 is 1.90 bits per heavy atom. The average molecular weight is 278 g/mol. The Bertz CT molecular complexity index is 411. The number of hydrogen-bond donors (Lipinski definition) is 1. The molecule has 1 fully saturated rings. The third-order valence-corrected chi connectivity index (χ3v) is 4.43. The summed E-state index contributed by atoms with van der Waals surface area (Å²) in [5.74, 6) is 1.38. The van der Waals surface area contributed by atoms with E-state index in [0.717, 1.165) is 50.0 Å². The van der Waals surface area contributed by atoms with Gasteiger partial charge < -0.3 is 10.2 Å². The molecule has 1 aliphatic heterocycles. The van der Waals surface area contributed by atoms with Crippen LogP contribution in [0.25, 0.3) is 0 Å². The summed E-state index contributed by atoms with van der Waals surface area (Å²) in [6.45, 7) is 10.8. The third-order valence-electron chi connectivity index (χ3n) is 4.43. The highest BCUT2D eigenvalue weighted by atomic mass is 19.1. The van der Waals surface area contributed by atoms with Gasteiger partial charge in [0, 0.05) is 31.2 Å². The second kappa shape index (κ2) is 7.19. The lowest BCUT2D eigenvalue weighted by Crippen LogP contribution is -2.35. The molecule has 1 aromatic carbocycles. The van der Waals surface area contributed by atoms with Crippen LogP contribution in [0.5, 0.6) is 0 Å². The van der Waals surface area contributed by atoms with Crippen molar-refractivity contribution in [1.29, 1.82) is 0 Å². The average Bonchev–Trinajstić information content (AvgIpc) is 2.74. The highest BCUT2D eigenvalue weighted by Gasteiger charge is 2.28. The van der Waals surface area contributed by atoms with Crippen LogP contribution in [-0.4, -0.2) is 31.1 Å². The second-order valence-electron chi connectivity index (χ2n) is 6.20. The summed E-state index contributed by atoms with van der Waals surface area (Å²) in [6, 6.07) is 7.24. The van der Waals surface area contributed by atoms with E-state index in [1.54, 1.807) is 12.1 Å². The molecule has 0 aromatic heterocycles. The molecule has 112 valence electrons. The largest absolute Gasteiger partial charge is 0.309 e. The van der Waals surface area contributed by atoms with E-state index in [1.807, 2.05) is 12.1 Å². The summed E-state index contributed by atoms with van der Waals surface area (Å²) in [4.78, 5) is 2.47. The molecule has 0 amide bonds. The van der Waals surface area contributed by atoms with Gasteiger partial charge in [-0.15, -0.1) is 0 Å². The van der Waals surface area contributed by atoms with Gasteiger partial charge in [0.1, 0.15) is 5.82 Å². The number of likely N-dealkylation sites (tertiary alicyclic amines) is 1. The number of rotatable bonds is 6. The summed E-state index contributed by atoms with van der Waals surface area (Å²) in [5.41, 5.74) is 0.799. The molecule has 0 radical (unpaired) electrons.